The summed E-state index contributed by atoms with van der Waals surface area (Å²) in [4.78, 5) is 9.75. The number of carboxylic acid groups (broad SMARTS) is 1. The van der Waals surface area contributed by atoms with Crippen molar-refractivity contribution in [2.24, 2.45) is 0 Å². The van der Waals surface area contributed by atoms with E-state index in [2.05, 4.69) is 11.8 Å². The average Bonchev–Trinajstić information content (AvgIpc) is 1.66. The summed E-state index contributed by atoms with van der Waals surface area (Å²) in [6.45, 7) is 1.68. The fourth-order valence-electron chi connectivity index (χ4n) is 0.240. The third kappa shape index (κ3) is 5.03. The minimum Gasteiger partial charge on any atom is -0.481 e. The Hall–Kier alpha value is -0.970. The highest BCUT2D eigenvalue weighted by Gasteiger charge is 1.90. The Kier molecular flexibility index (Phi) is 3.69. The van der Waals surface area contributed by atoms with Gasteiger partial charge in [0.2, 0.25) is 0 Å². The second kappa shape index (κ2) is 4.20. The van der Waals surface area contributed by atoms with Crippen molar-refractivity contribution in [2.45, 2.75) is 13.3 Å². The molecule has 1 N–H and O–H groups in total. The summed E-state index contributed by atoms with van der Waals surface area (Å²) in [5.41, 5.74) is 0. The Labute approximate surface area is 48.5 Å². The molecule has 43 valence electrons. The zero-order valence-electron chi connectivity index (χ0n) is 4.64. The molecule has 0 aromatic heterocycles. The van der Waals surface area contributed by atoms with Gasteiger partial charge in [0.1, 0.15) is 0 Å². The van der Waals surface area contributed by atoms with Crippen molar-refractivity contribution in [3.63, 3.8) is 0 Å². The molecule has 0 spiro atoms. The zero-order valence-corrected chi connectivity index (χ0v) is 4.64. The molecule has 0 bridgehead atoms. The molecule has 0 heterocycles. The molecule has 0 unspecified atom stereocenters. The van der Waals surface area contributed by atoms with Gasteiger partial charge in [0, 0.05) is 6.42 Å². The van der Waals surface area contributed by atoms with Crippen LogP contribution in [-0.2, 0) is 4.79 Å². The number of hydrogen-bond donors (Lipinski definition) is 1. The van der Waals surface area contributed by atoms with Crippen molar-refractivity contribution in [3.8, 4) is 11.8 Å². The minimum atomic E-state index is -0.909. The number of carbonyl (C=O) groups is 1. The maximum absolute atomic E-state index is 9.75. The number of aliphatic carboxylic acids is 1. The molecule has 2 heteroatoms. The van der Waals surface area contributed by atoms with E-state index >= 15 is 0 Å². The van der Waals surface area contributed by atoms with Gasteiger partial charge in [0.25, 0.3) is 0 Å². The van der Waals surface area contributed by atoms with Crippen LogP contribution in [0.3, 0.4) is 0 Å². The highest BCUT2D eigenvalue weighted by atomic mass is 16.4. The second-order valence-corrected chi connectivity index (χ2v) is 1.17. The van der Waals surface area contributed by atoms with E-state index in [9.17, 15) is 4.79 Å². The van der Waals surface area contributed by atoms with Crippen LogP contribution >= 0.6 is 0 Å². The molecular formula is C6H7O2. The van der Waals surface area contributed by atoms with Crippen LogP contribution < -0.4 is 0 Å². The van der Waals surface area contributed by atoms with Crippen molar-refractivity contribution in [3.05, 3.63) is 6.42 Å². The summed E-state index contributed by atoms with van der Waals surface area (Å²) in [6, 6.07) is 0. The number of hydrogen-bond acceptors (Lipinski definition) is 1. The molecule has 0 aliphatic heterocycles. The normalized spacial score (nSPS) is 7.12. The summed E-state index contributed by atoms with van der Waals surface area (Å²) in [7, 11) is 0. The molecule has 0 amide bonds. The first-order valence-electron chi connectivity index (χ1n) is 2.23. The Morgan fingerprint density at radius 1 is 1.88 bits per heavy atom. The highest BCUT2D eigenvalue weighted by molar-refractivity contribution is 5.76. The van der Waals surface area contributed by atoms with Crippen LogP contribution in [0.4, 0.5) is 0 Å². The molecule has 2 nitrogen and oxygen atoms in total. The SMILES string of the molecule is CC#CC[CH]C(=O)O. The van der Waals surface area contributed by atoms with E-state index in [4.69, 9.17) is 5.11 Å². The van der Waals surface area contributed by atoms with E-state index in [1.54, 1.807) is 6.92 Å². The molecule has 0 aromatic rings. The zero-order chi connectivity index (χ0) is 6.41. The molecule has 0 aliphatic rings. The van der Waals surface area contributed by atoms with E-state index in [1.165, 1.54) is 0 Å². The smallest absolute Gasteiger partial charge is 0.308 e. The van der Waals surface area contributed by atoms with Gasteiger partial charge in [-0.1, -0.05) is 0 Å². The van der Waals surface area contributed by atoms with Gasteiger partial charge in [-0.05, 0) is 6.92 Å². The Bertz CT molecular complexity index is 127. The summed E-state index contributed by atoms with van der Waals surface area (Å²) in [5.74, 6) is 4.26. The maximum Gasteiger partial charge on any atom is 0.308 e. The van der Waals surface area contributed by atoms with E-state index in [0.29, 0.717) is 6.42 Å². The van der Waals surface area contributed by atoms with Gasteiger partial charge >= 0.3 is 5.97 Å². The lowest BCUT2D eigenvalue weighted by atomic mass is 10.3. The molecule has 0 saturated heterocycles. The van der Waals surface area contributed by atoms with Crippen LogP contribution in [0.15, 0.2) is 0 Å². The fourth-order valence-corrected chi connectivity index (χ4v) is 0.240. The van der Waals surface area contributed by atoms with Gasteiger partial charge in [0.05, 0.1) is 6.42 Å². The summed E-state index contributed by atoms with van der Waals surface area (Å²) in [6.07, 6.45) is 1.46. The summed E-state index contributed by atoms with van der Waals surface area (Å²) < 4.78 is 0. The average molecular weight is 111 g/mol. The van der Waals surface area contributed by atoms with Crippen LogP contribution in [0, 0.1) is 18.3 Å². The Balaban J connectivity index is 3.14. The second-order valence-electron chi connectivity index (χ2n) is 1.17. The predicted octanol–water partition coefficient (Wildman–Crippen LogP) is 0.689. The highest BCUT2D eigenvalue weighted by Crippen LogP contribution is 1.81. The quantitative estimate of drug-likeness (QED) is 0.532. The monoisotopic (exact) mass is 111 g/mol. The topological polar surface area (TPSA) is 37.3 Å². The van der Waals surface area contributed by atoms with Crippen molar-refractivity contribution in [2.75, 3.05) is 0 Å². The van der Waals surface area contributed by atoms with Gasteiger partial charge in [-0.3, -0.25) is 4.79 Å². The summed E-state index contributed by atoms with van der Waals surface area (Å²) >= 11 is 0. The Morgan fingerprint density at radius 2 is 2.50 bits per heavy atom. The van der Waals surface area contributed by atoms with Crippen LogP contribution in [0.5, 0.6) is 0 Å². The van der Waals surface area contributed by atoms with Crippen molar-refractivity contribution >= 4 is 5.97 Å². The van der Waals surface area contributed by atoms with Crippen molar-refractivity contribution in [1.29, 1.82) is 0 Å². The van der Waals surface area contributed by atoms with Crippen LogP contribution in [0.2, 0.25) is 0 Å². The summed E-state index contributed by atoms with van der Waals surface area (Å²) in [5, 5.41) is 8.02. The van der Waals surface area contributed by atoms with Gasteiger partial charge in [-0.15, -0.1) is 11.8 Å². The first kappa shape index (κ1) is 7.03. The number of carboxylic acids is 1. The Morgan fingerprint density at radius 3 is 2.88 bits per heavy atom. The van der Waals surface area contributed by atoms with Gasteiger partial charge in [0.15, 0.2) is 0 Å². The van der Waals surface area contributed by atoms with E-state index in [0.717, 1.165) is 6.42 Å². The standard InChI is InChI=1S/C6H7O2/c1-2-3-4-5-6(7)8/h5H,4H2,1H3,(H,7,8). The maximum atomic E-state index is 9.75. The largest absolute Gasteiger partial charge is 0.481 e. The fraction of sp³-hybridized carbons (Fsp3) is 0.333. The molecule has 0 fully saturated rings. The molecule has 0 aromatic carbocycles. The van der Waals surface area contributed by atoms with Crippen molar-refractivity contribution < 1.29 is 9.90 Å². The minimum absolute atomic E-state index is 0.339. The molecule has 0 aliphatic carbocycles. The van der Waals surface area contributed by atoms with Gasteiger partial charge < -0.3 is 5.11 Å². The molecular weight excluding hydrogens is 104 g/mol. The first-order chi connectivity index (χ1) is 3.77. The molecule has 0 atom stereocenters. The van der Waals surface area contributed by atoms with Crippen LogP contribution in [0.1, 0.15) is 13.3 Å². The van der Waals surface area contributed by atoms with Crippen molar-refractivity contribution in [1.82, 2.24) is 0 Å². The third-order valence-corrected chi connectivity index (χ3v) is 0.556. The van der Waals surface area contributed by atoms with Gasteiger partial charge in [-0.25, -0.2) is 0 Å². The van der Waals surface area contributed by atoms with E-state index in [-0.39, 0.29) is 0 Å². The van der Waals surface area contributed by atoms with E-state index < -0.39 is 5.97 Å². The molecule has 0 saturated carbocycles. The van der Waals surface area contributed by atoms with E-state index in [1.807, 2.05) is 0 Å². The predicted molar refractivity (Wildman–Crippen MR) is 30.0 cm³/mol. The number of rotatable bonds is 2. The molecule has 8 heavy (non-hydrogen) atoms. The lowest BCUT2D eigenvalue weighted by Crippen LogP contribution is -1.92. The van der Waals surface area contributed by atoms with Crippen LogP contribution in [-0.4, -0.2) is 11.1 Å². The molecule has 1 radical (unpaired) electrons. The van der Waals surface area contributed by atoms with Crippen LogP contribution in [0.25, 0.3) is 0 Å². The molecule has 0 rings (SSSR count). The first-order valence-corrected chi connectivity index (χ1v) is 2.23. The van der Waals surface area contributed by atoms with Gasteiger partial charge in [-0.2, -0.15) is 0 Å². The lowest BCUT2D eigenvalue weighted by Gasteiger charge is -1.80. The third-order valence-electron chi connectivity index (χ3n) is 0.556. The lowest BCUT2D eigenvalue weighted by molar-refractivity contribution is -0.133.